The van der Waals surface area contributed by atoms with Crippen molar-refractivity contribution in [2.75, 3.05) is 13.1 Å². The number of benzene rings is 1. The largest absolute Gasteiger partial charge is 0.353 e. The van der Waals surface area contributed by atoms with Gasteiger partial charge in [0.25, 0.3) is 0 Å². The van der Waals surface area contributed by atoms with Crippen LogP contribution in [0, 0.1) is 11.8 Å². The molecule has 3 nitrogen and oxygen atoms in total. The normalized spacial score (nSPS) is 18.2. The van der Waals surface area contributed by atoms with Crippen molar-refractivity contribution in [3.05, 3.63) is 33.8 Å². The minimum atomic E-state index is 0.140. The molecule has 0 spiro atoms. The van der Waals surface area contributed by atoms with Crippen LogP contribution in [0.2, 0.25) is 10.0 Å². The molecule has 0 radical (unpaired) electrons. The van der Waals surface area contributed by atoms with Crippen LogP contribution < -0.4 is 5.32 Å². The number of nitrogens with one attached hydrogen (secondary N) is 1. The van der Waals surface area contributed by atoms with Gasteiger partial charge in [0.05, 0.1) is 10.0 Å². The average Bonchev–Trinajstić information content (AvgIpc) is 2.51. The highest BCUT2D eigenvalue weighted by atomic mass is 35.5. The van der Waals surface area contributed by atoms with Crippen LogP contribution >= 0.6 is 23.2 Å². The SMILES string of the molecule is CC(C)C(C)NC(=O)C1CCN(Cc2ccc(Cl)c(Cl)c2)CC1. The molecule has 1 fully saturated rings. The number of carbonyl (C=O) groups excluding carboxylic acids is 1. The molecule has 2 rings (SSSR count). The second kappa shape index (κ2) is 8.36. The fraction of sp³-hybridized carbons (Fsp3) is 0.611. The number of hydrogen-bond donors (Lipinski definition) is 1. The average molecular weight is 357 g/mol. The van der Waals surface area contributed by atoms with Gasteiger partial charge < -0.3 is 5.32 Å². The van der Waals surface area contributed by atoms with Crippen molar-refractivity contribution in [3.8, 4) is 0 Å². The van der Waals surface area contributed by atoms with E-state index in [0.29, 0.717) is 16.0 Å². The van der Waals surface area contributed by atoms with Crippen molar-refractivity contribution in [1.82, 2.24) is 10.2 Å². The third kappa shape index (κ3) is 5.37. The Hall–Kier alpha value is -0.770. The highest BCUT2D eigenvalue weighted by Gasteiger charge is 2.26. The fourth-order valence-corrected chi connectivity index (χ4v) is 3.08. The zero-order valence-corrected chi connectivity index (χ0v) is 15.6. The van der Waals surface area contributed by atoms with Gasteiger partial charge in [0.15, 0.2) is 0 Å². The topological polar surface area (TPSA) is 32.3 Å². The number of rotatable bonds is 5. The maximum absolute atomic E-state index is 12.3. The summed E-state index contributed by atoms with van der Waals surface area (Å²) in [6.45, 7) is 9.06. The van der Waals surface area contributed by atoms with Gasteiger partial charge in [0.1, 0.15) is 0 Å². The summed E-state index contributed by atoms with van der Waals surface area (Å²) in [5, 5.41) is 4.32. The fourth-order valence-electron chi connectivity index (χ4n) is 2.76. The number of amides is 1. The first-order valence-electron chi connectivity index (χ1n) is 8.33. The molecule has 1 aromatic rings. The van der Waals surface area contributed by atoms with E-state index in [1.54, 1.807) is 0 Å². The van der Waals surface area contributed by atoms with Crippen molar-refractivity contribution in [2.45, 2.75) is 46.2 Å². The molecule has 1 heterocycles. The summed E-state index contributed by atoms with van der Waals surface area (Å²) in [6.07, 6.45) is 1.83. The molecule has 0 aliphatic carbocycles. The zero-order valence-electron chi connectivity index (χ0n) is 14.1. The van der Waals surface area contributed by atoms with Crippen LogP contribution in [0.25, 0.3) is 0 Å². The molecule has 0 aromatic heterocycles. The van der Waals surface area contributed by atoms with Crippen LogP contribution in [0.15, 0.2) is 18.2 Å². The monoisotopic (exact) mass is 356 g/mol. The van der Waals surface area contributed by atoms with Crippen LogP contribution in [0.3, 0.4) is 0 Å². The standard InChI is InChI=1S/C18H26Cl2N2O/c1-12(2)13(3)21-18(23)15-6-8-22(9-7-15)11-14-4-5-16(19)17(20)10-14/h4-5,10,12-13,15H,6-9,11H2,1-3H3,(H,21,23). The number of carbonyl (C=O) groups is 1. The second-order valence-corrected chi connectivity index (χ2v) is 7.65. The first-order valence-corrected chi connectivity index (χ1v) is 9.09. The van der Waals surface area contributed by atoms with E-state index in [4.69, 9.17) is 23.2 Å². The summed E-state index contributed by atoms with van der Waals surface area (Å²) in [4.78, 5) is 14.7. The third-order valence-corrected chi connectivity index (χ3v) is 5.46. The third-order valence-electron chi connectivity index (χ3n) is 4.72. The van der Waals surface area contributed by atoms with Gasteiger partial charge in [-0.2, -0.15) is 0 Å². The summed E-state index contributed by atoms with van der Waals surface area (Å²) >= 11 is 12.0. The molecule has 5 heteroatoms. The van der Waals surface area contributed by atoms with Crippen molar-refractivity contribution < 1.29 is 4.79 Å². The van der Waals surface area contributed by atoms with Crippen LogP contribution in [0.5, 0.6) is 0 Å². The van der Waals surface area contributed by atoms with Crippen LogP contribution in [-0.4, -0.2) is 29.9 Å². The van der Waals surface area contributed by atoms with Crippen molar-refractivity contribution in [3.63, 3.8) is 0 Å². The van der Waals surface area contributed by atoms with E-state index in [-0.39, 0.29) is 17.9 Å². The van der Waals surface area contributed by atoms with E-state index in [1.807, 2.05) is 18.2 Å². The maximum Gasteiger partial charge on any atom is 0.223 e. The van der Waals surface area contributed by atoms with Gasteiger partial charge in [-0.3, -0.25) is 9.69 Å². The molecule has 1 amide bonds. The summed E-state index contributed by atoms with van der Waals surface area (Å²) in [7, 11) is 0. The first-order chi connectivity index (χ1) is 10.9. The number of hydrogen-bond acceptors (Lipinski definition) is 2. The lowest BCUT2D eigenvalue weighted by Crippen LogP contribution is -2.44. The molecule has 128 valence electrons. The van der Waals surface area contributed by atoms with Crippen molar-refractivity contribution >= 4 is 29.1 Å². The maximum atomic E-state index is 12.3. The second-order valence-electron chi connectivity index (χ2n) is 6.84. The Balaban J connectivity index is 1.81. The molecule has 1 saturated heterocycles. The molecule has 1 aromatic carbocycles. The lowest BCUT2D eigenvalue weighted by Gasteiger charge is -2.32. The lowest BCUT2D eigenvalue weighted by molar-refractivity contribution is -0.127. The van der Waals surface area contributed by atoms with Gasteiger partial charge in [0, 0.05) is 18.5 Å². The first kappa shape index (κ1) is 18.6. The Morgan fingerprint density at radius 2 is 1.87 bits per heavy atom. The van der Waals surface area contributed by atoms with Crippen molar-refractivity contribution in [1.29, 1.82) is 0 Å². The van der Waals surface area contributed by atoms with Crippen LogP contribution in [0.1, 0.15) is 39.2 Å². The molecular formula is C18H26Cl2N2O. The van der Waals surface area contributed by atoms with Gasteiger partial charge in [-0.05, 0) is 56.5 Å². The molecule has 1 aliphatic heterocycles. The minimum Gasteiger partial charge on any atom is -0.353 e. The Kier molecular flexibility index (Phi) is 6.75. The molecule has 0 bridgehead atoms. The van der Waals surface area contributed by atoms with Gasteiger partial charge >= 0.3 is 0 Å². The van der Waals surface area contributed by atoms with E-state index >= 15 is 0 Å². The van der Waals surface area contributed by atoms with E-state index in [0.717, 1.165) is 38.0 Å². The number of likely N-dealkylation sites (tertiary alicyclic amines) is 1. The van der Waals surface area contributed by atoms with Gasteiger partial charge in [-0.15, -0.1) is 0 Å². The lowest BCUT2D eigenvalue weighted by atomic mass is 9.94. The van der Waals surface area contributed by atoms with E-state index in [1.165, 1.54) is 0 Å². The number of halogens is 2. The zero-order chi connectivity index (χ0) is 17.0. The van der Waals surface area contributed by atoms with E-state index in [9.17, 15) is 4.79 Å². The highest BCUT2D eigenvalue weighted by Crippen LogP contribution is 2.25. The van der Waals surface area contributed by atoms with E-state index < -0.39 is 0 Å². The number of nitrogens with zero attached hydrogens (tertiary/aromatic N) is 1. The summed E-state index contributed by atoms with van der Waals surface area (Å²) in [5.41, 5.74) is 1.16. The van der Waals surface area contributed by atoms with Gasteiger partial charge in [-0.25, -0.2) is 0 Å². The van der Waals surface area contributed by atoms with Gasteiger partial charge in [0.2, 0.25) is 5.91 Å². The predicted molar refractivity (Wildman–Crippen MR) is 96.9 cm³/mol. The summed E-state index contributed by atoms with van der Waals surface area (Å²) in [5.74, 6) is 0.815. The summed E-state index contributed by atoms with van der Waals surface area (Å²) < 4.78 is 0. The van der Waals surface area contributed by atoms with Crippen molar-refractivity contribution in [2.24, 2.45) is 11.8 Å². The molecule has 1 atom stereocenters. The quantitative estimate of drug-likeness (QED) is 0.849. The molecule has 1 aliphatic rings. The Morgan fingerprint density at radius 1 is 1.22 bits per heavy atom. The summed E-state index contributed by atoms with van der Waals surface area (Å²) in [6, 6.07) is 6.01. The van der Waals surface area contributed by atoms with Gasteiger partial charge in [-0.1, -0.05) is 43.1 Å². The van der Waals surface area contributed by atoms with E-state index in [2.05, 4.69) is 31.0 Å². The Bertz CT molecular complexity index is 540. The minimum absolute atomic E-state index is 0.140. The molecule has 23 heavy (non-hydrogen) atoms. The smallest absolute Gasteiger partial charge is 0.223 e. The molecule has 1 N–H and O–H groups in total. The predicted octanol–water partition coefficient (Wildman–Crippen LogP) is 4.37. The highest BCUT2D eigenvalue weighted by molar-refractivity contribution is 6.42. The molecule has 0 saturated carbocycles. The molecule has 1 unspecified atom stereocenters. The Morgan fingerprint density at radius 3 is 2.43 bits per heavy atom. The number of piperidine rings is 1. The Labute approximate surface area is 149 Å². The van der Waals surface area contributed by atoms with Crippen LogP contribution in [0.4, 0.5) is 0 Å². The molecular weight excluding hydrogens is 331 g/mol. The van der Waals surface area contributed by atoms with Crippen LogP contribution in [-0.2, 0) is 11.3 Å².